The number of likely N-dealkylation sites (N-methyl/N-ethyl adjacent to an activating group) is 1. The lowest BCUT2D eigenvalue weighted by molar-refractivity contribution is -0.137. The molecule has 1 aromatic carbocycles. The third-order valence-corrected chi connectivity index (χ3v) is 2.95. The Balaban J connectivity index is 2.75. The average molecular weight is 321 g/mol. The van der Waals surface area contributed by atoms with Gasteiger partial charge >= 0.3 is 6.18 Å². The van der Waals surface area contributed by atoms with Crippen molar-refractivity contribution in [3.8, 4) is 0 Å². The number of hydrogen-bond acceptors (Lipinski definition) is 2. The van der Waals surface area contributed by atoms with Gasteiger partial charge < -0.3 is 5.32 Å². The van der Waals surface area contributed by atoms with Crippen molar-refractivity contribution in [3.63, 3.8) is 0 Å². The van der Waals surface area contributed by atoms with Gasteiger partial charge in [0, 0.05) is 12.1 Å². The normalized spacial score (nSPS) is 12.1. The molecule has 1 N–H and O–H groups in total. The number of alkyl halides is 3. The molecule has 0 saturated carbocycles. The minimum absolute atomic E-state index is 0.01000. The molecule has 21 heavy (non-hydrogen) atoms. The van der Waals surface area contributed by atoms with Gasteiger partial charge in [0.2, 0.25) is 5.91 Å². The van der Waals surface area contributed by atoms with Gasteiger partial charge in [-0.25, -0.2) is 0 Å². The summed E-state index contributed by atoms with van der Waals surface area (Å²) in [7, 11) is 0. The maximum absolute atomic E-state index is 12.8. The molecule has 1 amide bonds. The summed E-state index contributed by atoms with van der Waals surface area (Å²) in [5.74, 6) is -0.503. The highest BCUT2D eigenvalue weighted by molar-refractivity contribution is 6.25. The first-order valence-corrected chi connectivity index (χ1v) is 6.75. The van der Waals surface area contributed by atoms with Crippen LogP contribution in [0.15, 0.2) is 35.9 Å². The van der Waals surface area contributed by atoms with Gasteiger partial charge in [0.15, 0.2) is 0 Å². The number of carbonyl (C=O) groups is 1. The van der Waals surface area contributed by atoms with Crippen molar-refractivity contribution >= 4 is 23.2 Å². The minimum Gasteiger partial charge on any atom is -0.324 e. The summed E-state index contributed by atoms with van der Waals surface area (Å²) in [6.07, 6.45) is -2.85. The van der Waals surface area contributed by atoms with Gasteiger partial charge in [0.05, 0.1) is 17.8 Å². The Kier molecular flexibility index (Phi) is 6.71. The van der Waals surface area contributed by atoms with Gasteiger partial charge in [0.1, 0.15) is 0 Å². The molecule has 0 aliphatic rings. The van der Waals surface area contributed by atoms with Crippen molar-refractivity contribution < 1.29 is 18.0 Å². The third kappa shape index (κ3) is 5.77. The van der Waals surface area contributed by atoms with Crippen molar-refractivity contribution in [1.82, 2.24) is 4.90 Å². The Morgan fingerprint density at radius 2 is 2.05 bits per heavy atom. The number of carbonyl (C=O) groups excluding carboxylic acids is 1. The minimum atomic E-state index is -4.50. The molecule has 7 heteroatoms. The van der Waals surface area contributed by atoms with Gasteiger partial charge in [-0.2, -0.15) is 13.2 Å². The Morgan fingerprint density at radius 1 is 1.38 bits per heavy atom. The van der Waals surface area contributed by atoms with E-state index in [4.69, 9.17) is 11.6 Å². The monoisotopic (exact) mass is 320 g/mol. The lowest BCUT2D eigenvalue weighted by Crippen LogP contribution is -2.33. The number of benzene rings is 1. The van der Waals surface area contributed by atoms with Crippen molar-refractivity contribution in [2.45, 2.75) is 13.1 Å². The fraction of sp³-hybridized carbons (Fsp3) is 0.357. The Labute approximate surface area is 126 Å². The summed E-state index contributed by atoms with van der Waals surface area (Å²) in [5.41, 5.74) is 0.237. The van der Waals surface area contributed by atoms with E-state index in [9.17, 15) is 18.0 Å². The molecule has 0 saturated heterocycles. The molecule has 0 fully saturated rings. The molecular formula is C14H16ClF3N2O. The van der Waals surface area contributed by atoms with E-state index in [0.717, 1.165) is 6.07 Å². The van der Waals surface area contributed by atoms with Gasteiger partial charge in [0.25, 0.3) is 0 Å². The maximum atomic E-state index is 12.8. The topological polar surface area (TPSA) is 32.3 Å². The number of anilines is 1. The first-order valence-electron chi connectivity index (χ1n) is 6.32. The molecule has 1 aromatic rings. The van der Waals surface area contributed by atoms with Crippen LogP contribution in [0, 0.1) is 0 Å². The fourth-order valence-corrected chi connectivity index (χ4v) is 1.81. The summed E-state index contributed by atoms with van der Waals surface area (Å²) in [6, 6.07) is 4.89. The fourth-order valence-electron chi connectivity index (χ4n) is 1.73. The molecule has 0 heterocycles. The zero-order valence-corrected chi connectivity index (χ0v) is 12.2. The van der Waals surface area contributed by atoms with Crippen LogP contribution in [-0.4, -0.2) is 30.4 Å². The number of halogens is 4. The molecule has 0 bridgehead atoms. The Bertz CT molecular complexity index is 503. The first-order chi connectivity index (χ1) is 9.88. The molecule has 0 radical (unpaired) electrons. The number of amides is 1. The Hall–Kier alpha value is -1.53. The van der Waals surface area contributed by atoms with Crippen LogP contribution in [0.5, 0.6) is 0 Å². The summed E-state index contributed by atoms with van der Waals surface area (Å²) < 4.78 is 38.4. The zero-order valence-electron chi connectivity index (χ0n) is 11.5. The summed E-state index contributed by atoms with van der Waals surface area (Å²) in [4.78, 5) is 13.6. The highest BCUT2D eigenvalue weighted by Gasteiger charge is 2.33. The van der Waals surface area contributed by atoms with E-state index in [-0.39, 0.29) is 12.2 Å². The van der Waals surface area contributed by atoms with E-state index in [0.29, 0.717) is 13.1 Å². The van der Waals surface area contributed by atoms with Gasteiger partial charge in [-0.1, -0.05) is 36.7 Å². The van der Waals surface area contributed by atoms with E-state index in [1.54, 1.807) is 11.0 Å². The van der Waals surface area contributed by atoms with E-state index in [1.165, 1.54) is 23.7 Å². The lowest BCUT2D eigenvalue weighted by atomic mass is 10.1. The van der Waals surface area contributed by atoms with Crippen LogP contribution >= 0.6 is 11.6 Å². The molecule has 3 nitrogen and oxygen atoms in total. The van der Waals surface area contributed by atoms with Crippen LogP contribution in [0.4, 0.5) is 18.9 Å². The second-order valence-corrected chi connectivity index (χ2v) is 4.53. The number of rotatable bonds is 6. The van der Waals surface area contributed by atoms with Crippen LogP contribution in [-0.2, 0) is 11.0 Å². The summed E-state index contributed by atoms with van der Waals surface area (Å²) >= 11 is 5.41. The predicted octanol–water partition coefficient (Wildman–Crippen LogP) is 3.72. The van der Waals surface area contributed by atoms with Crippen molar-refractivity contribution in [2.75, 3.05) is 25.0 Å². The van der Waals surface area contributed by atoms with E-state index >= 15 is 0 Å². The van der Waals surface area contributed by atoms with Crippen LogP contribution in [0.3, 0.4) is 0 Å². The van der Waals surface area contributed by atoms with Crippen molar-refractivity contribution in [1.29, 1.82) is 0 Å². The molecular weight excluding hydrogens is 305 g/mol. The number of nitrogens with one attached hydrogen (secondary N) is 1. The quantitative estimate of drug-likeness (QED) is 0.866. The third-order valence-electron chi connectivity index (χ3n) is 2.77. The second-order valence-electron chi connectivity index (χ2n) is 4.28. The molecule has 0 unspecified atom stereocenters. The SMILES string of the molecule is CCN(C/C=C/Cl)CC(=O)Nc1ccccc1C(F)(F)F. The second kappa shape index (κ2) is 8.05. The van der Waals surface area contributed by atoms with Gasteiger partial charge in [-0.05, 0) is 18.7 Å². The smallest absolute Gasteiger partial charge is 0.324 e. The van der Waals surface area contributed by atoms with Crippen LogP contribution in [0.2, 0.25) is 0 Å². The van der Waals surface area contributed by atoms with Crippen molar-refractivity contribution in [3.05, 3.63) is 41.4 Å². The average Bonchev–Trinajstić information content (AvgIpc) is 2.42. The van der Waals surface area contributed by atoms with Gasteiger partial charge in [-0.15, -0.1) is 0 Å². The lowest BCUT2D eigenvalue weighted by Gasteiger charge is -2.19. The molecule has 0 aromatic heterocycles. The zero-order chi connectivity index (χ0) is 15.9. The van der Waals surface area contributed by atoms with Crippen LogP contribution in [0.1, 0.15) is 12.5 Å². The van der Waals surface area contributed by atoms with Crippen molar-refractivity contribution in [2.24, 2.45) is 0 Å². The highest BCUT2D eigenvalue weighted by Crippen LogP contribution is 2.34. The van der Waals surface area contributed by atoms with E-state index in [2.05, 4.69) is 5.32 Å². The Morgan fingerprint density at radius 3 is 2.62 bits per heavy atom. The number of nitrogens with zero attached hydrogens (tertiary/aromatic N) is 1. The molecule has 0 atom stereocenters. The molecule has 0 aliphatic carbocycles. The summed E-state index contributed by atoms with van der Waals surface area (Å²) in [6.45, 7) is 2.87. The van der Waals surface area contributed by atoms with Crippen LogP contribution < -0.4 is 5.32 Å². The maximum Gasteiger partial charge on any atom is 0.418 e. The van der Waals surface area contributed by atoms with E-state index in [1.807, 2.05) is 6.92 Å². The molecule has 0 aliphatic heterocycles. The molecule has 116 valence electrons. The van der Waals surface area contributed by atoms with Gasteiger partial charge in [-0.3, -0.25) is 9.69 Å². The molecule has 0 spiro atoms. The first kappa shape index (κ1) is 17.5. The van der Waals surface area contributed by atoms with Crippen LogP contribution in [0.25, 0.3) is 0 Å². The van der Waals surface area contributed by atoms with E-state index < -0.39 is 17.6 Å². The summed E-state index contributed by atoms with van der Waals surface area (Å²) in [5, 5.41) is 2.30. The molecule has 1 rings (SSSR count). The number of hydrogen-bond donors (Lipinski definition) is 1. The largest absolute Gasteiger partial charge is 0.418 e. The number of para-hydroxylation sites is 1. The highest BCUT2D eigenvalue weighted by atomic mass is 35.5. The standard InChI is InChI=1S/C14H16ClF3N2O/c1-2-20(9-5-8-15)10-13(21)19-12-7-4-3-6-11(12)14(16,17)18/h3-8H,2,9-10H2,1H3,(H,19,21)/b8-5+. The predicted molar refractivity (Wildman–Crippen MR) is 77.2 cm³/mol.